The van der Waals surface area contributed by atoms with Crippen LogP contribution in [0.25, 0.3) is 0 Å². The molecule has 1 rings (SSSR count). The Kier molecular flexibility index (Phi) is 3.66. The largest absolute Gasteiger partial charge is 0.478 e. The van der Waals surface area contributed by atoms with Crippen LogP contribution in [-0.4, -0.2) is 33.3 Å². The number of aromatic carboxylic acids is 1. The topological polar surface area (TPSA) is 147 Å². The van der Waals surface area contributed by atoms with Gasteiger partial charge >= 0.3 is 5.97 Å². The van der Waals surface area contributed by atoms with Crippen LogP contribution in [0.5, 0.6) is 0 Å². The lowest BCUT2D eigenvalue weighted by Gasteiger charge is -2.17. The summed E-state index contributed by atoms with van der Waals surface area (Å²) in [5.41, 5.74) is 9.84. The molecule has 0 heterocycles. The van der Waals surface area contributed by atoms with Crippen molar-refractivity contribution in [2.24, 2.45) is 5.73 Å². The summed E-state index contributed by atoms with van der Waals surface area (Å²) in [5.74, 6) is -2.40. The Labute approximate surface area is 96.3 Å². The number of nitrogen functional groups attached to an aromatic ring is 1. The number of carboxylic acid groups (broad SMARTS) is 1. The molecule has 0 spiro atoms. The number of anilines is 1. The Morgan fingerprint density at radius 3 is 2.29 bits per heavy atom. The van der Waals surface area contributed by atoms with Gasteiger partial charge in [-0.25, -0.2) is 4.79 Å². The molecule has 0 aliphatic carbocycles. The maximum Gasteiger partial charge on any atom is 0.337 e. The van der Waals surface area contributed by atoms with Gasteiger partial charge in [0.1, 0.15) is 6.10 Å². The fourth-order valence-electron chi connectivity index (χ4n) is 1.35. The minimum absolute atomic E-state index is 0.0591. The second kappa shape index (κ2) is 4.81. The molecule has 1 aromatic carbocycles. The molecule has 0 aliphatic rings. The van der Waals surface area contributed by atoms with Gasteiger partial charge in [-0.1, -0.05) is 12.1 Å². The quantitative estimate of drug-likeness (QED) is 0.420. The van der Waals surface area contributed by atoms with Crippen molar-refractivity contribution >= 4 is 17.6 Å². The highest BCUT2D eigenvalue weighted by Gasteiger charge is 2.26. The molecule has 0 saturated carbocycles. The maximum atomic E-state index is 10.8. The number of carboxylic acids is 1. The smallest absolute Gasteiger partial charge is 0.337 e. The number of para-hydroxylation sites is 1. The highest BCUT2D eigenvalue weighted by molar-refractivity contribution is 5.94. The van der Waals surface area contributed by atoms with Crippen molar-refractivity contribution in [1.29, 1.82) is 0 Å². The zero-order valence-corrected chi connectivity index (χ0v) is 8.70. The van der Waals surface area contributed by atoms with Gasteiger partial charge in [-0.3, -0.25) is 4.79 Å². The van der Waals surface area contributed by atoms with E-state index in [1.165, 1.54) is 18.2 Å². The van der Waals surface area contributed by atoms with Gasteiger partial charge in [0, 0.05) is 5.56 Å². The van der Waals surface area contributed by atoms with E-state index in [1.54, 1.807) is 0 Å². The van der Waals surface area contributed by atoms with Crippen LogP contribution in [0.1, 0.15) is 22.0 Å². The van der Waals surface area contributed by atoms with Gasteiger partial charge in [0.2, 0.25) is 5.91 Å². The molecule has 0 radical (unpaired) electrons. The number of aliphatic hydroxyl groups excluding tert-OH is 2. The van der Waals surface area contributed by atoms with Gasteiger partial charge < -0.3 is 26.8 Å². The molecule has 1 aromatic rings. The van der Waals surface area contributed by atoms with Gasteiger partial charge in [-0.2, -0.15) is 0 Å². The summed E-state index contributed by atoms with van der Waals surface area (Å²) in [6, 6.07) is 3.88. The van der Waals surface area contributed by atoms with Crippen LogP contribution in [0.3, 0.4) is 0 Å². The number of carbonyl (C=O) groups is 2. The number of nitrogens with two attached hydrogens (primary N) is 2. The molecule has 0 bridgehead atoms. The molecule has 2 atom stereocenters. The van der Waals surface area contributed by atoms with E-state index in [-0.39, 0.29) is 16.8 Å². The van der Waals surface area contributed by atoms with Gasteiger partial charge in [-0.15, -0.1) is 0 Å². The van der Waals surface area contributed by atoms with Gasteiger partial charge in [-0.05, 0) is 6.07 Å². The number of primary amides is 1. The molecule has 0 aliphatic heterocycles. The molecule has 17 heavy (non-hydrogen) atoms. The Morgan fingerprint density at radius 2 is 1.82 bits per heavy atom. The second-order valence-electron chi connectivity index (χ2n) is 3.41. The average molecular weight is 240 g/mol. The van der Waals surface area contributed by atoms with Crippen LogP contribution < -0.4 is 11.5 Å². The van der Waals surface area contributed by atoms with E-state index in [9.17, 15) is 19.8 Å². The highest BCUT2D eigenvalue weighted by atomic mass is 16.4. The van der Waals surface area contributed by atoms with E-state index in [1.807, 2.05) is 0 Å². The Bertz CT molecular complexity index is 460. The van der Waals surface area contributed by atoms with E-state index in [4.69, 9.17) is 16.6 Å². The zero-order valence-electron chi connectivity index (χ0n) is 8.70. The number of hydrogen-bond acceptors (Lipinski definition) is 5. The van der Waals surface area contributed by atoms with Crippen LogP contribution in [0, 0.1) is 0 Å². The number of hydrogen-bond donors (Lipinski definition) is 5. The first kappa shape index (κ1) is 12.9. The molecule has 2 unspecified atom stereocenters. The zero-order chi connectivity index (χ0) is 13.2. The molecule has 1 amide bonds. The minimum Gasteiger partial charge on any atom is -0.478 e. The van der Waals surface area contributed by atoms with Crippen LogP contribution >= 0.6 is 0 Å². The molecule has 0 saturated heterocycles. The van der Waals surface area contributed by atoms with Gasteiger partial charge in [0.05, 0.1) is 11.3 Å². The Balaban J connectivity index is 3.19. The Morgan fingerprint density at radius 1 is 1.24 bits per heavy atom. The van der Waals surface area contributed by atoms with Crippen molar-refractivity contribution in [3.8, 4) is 0 Å². The normalized spacial score (nSPS) is 14.0. The lowest BCUT2D eigenvalue weighted by molar-refractivity contribution is -0.131. The van der Waals surface area contributed by atoms with E-state index in [0.29, 0.717) is 0 Å². The number of benzene rings is 1. The summed E-state index contributed by atoms with van der Waals surface area (Å²) in [6.45, 7) is 0. The van der Waals surface area contributed by atoms with E-state index in [0.717, 1.165) is 0 Å². The number of aliphatic hydroxyl groups is 2. The summed E-state index contributed by atoms with van der Waals surface area (Å²) in [4.78, 5) is 21.5. The van der Waals surface area contributed by atoms with Crippen LogP contribution in [0.15, 0.2) is 18.2 Å². The fourth-order valence-corrected chi connectivity index (χ4v) is 1.35. The lowest BCUT2D eigenvalue weighted by Crippen LogP contribution is -2.34. The van der Waals surface area contributed by atoms with Crippen LogP contribution in [0.2, 0.25) is 0 Å². The van der Waals surface area contributed by atoms with Crippen molar-refractivity contribution in [1.82, 2.24) is 0 Å². The van der Waals surface area contributed by atoms with Crippen LogP contribution in [-0.2, 0) is 4.79 Å². The van der Waals surface area contributed by atoms with E-state index in [2.05, 4.69) is 0 Å². The average Bonchev–Trinajstić information content (AvgIpc) is 2.26. The third kappa shape index (κ3) is 2.52. The molecule has 7 N–H and O–H groups in total. The first-order valence-electron chi connectivity index (χ1n) is 4.63. The van der Waals surface area contributed by atoms with Crippen LogP contribution in [0.4, 0.5) is 5.69 Å². The first-order valence-corrected chi connectivity index (χ1v) is 4.63. The van der Waals surface area contributed by atoms with E-state index < -0.39 is 24.1 Å². The Hall–Kier alpha value is -2.12. The molecule has 7 heteroatoms. The minimum atomic E-state index is -1.85. The van der Waals surface area contributed by atoms with Gasteiger partial charge in [0.15, 0.2) is 6.10 Å². The molecule has 7 nitrogen and oxygen atoms in total. The second-order valence-corrected chi connectivity index (χ2v) is 3.41. The standard InChI is InChI=1S/C10H12N2O5/c11-6-4(7(13)8(14)9(12)15)2-1-3-5(6)10(16)17/h1-3,7-8,13-14H,11H2,(H2,12,15)(H,16,17). The molecular formula is C10H12N2O5. The summed E-state index contributed by atoms with van der Waals surface area (Å²) in [5, 5.41) is 27.7. The number of carbonyl (C=O) groups excluding carboxylic acids is 1. The summed E-state index contributed by atoms with van der Waals surface area (Å²) < 4.78 is 0. The van der Waals surface area contributed by atoms with Crippen molar-refractivity contribution < 1.29 is 24.9 Å². The summed E-state index contributed by atoms with van der Waals surface area (Å²) >= 11 is 0. The molecule has 92 valence electrons. The van der Waals surface area contributed by atoms with Crippen molar-refractivity contribution in [3.05, 3.63) is 29.3 Å². The lowest BCUT2D eigenvalue weighted by atomic mass is 9.99. The SMILES string of the molecule is NC(=O)C(O)C(O)c1cccc(C(=O)O)c1N. The third-order valence-corrected chi connectivity index (χ3v) is 2.28. The maximum absolute atomic E-state index is 10.8. The van der Waals surface area contributed by atoms with Crippen molar-refractivity contribution in [3.63, 3.8) is 0 Å². The fraction of sp³-hybridized carbons (Fsp3) is 0.200. The predicted octanol–water partition coefficient (Wildman–Crippen LogP) is -1.15. The van der Waals surface area contributed by atoms with Crippen molar-refractivity contribution in [2.45, 2.75) is 12.2 Å². The highest BCUT2D eigenvalue weighted by Crippen LogP contribution is 2.26. The summed E-state index contributed by atoms with van der Waals surface area (Å²) in [6.07, 6.45) is -3.51. The summed E-state index contributed by atoms with van der Waals surface area (Å²) in [7, 11) is 0. The van der Waals surface area contributed by atoms with E-state index >= 15 is 0 Å². The predicted molar refractivity (Wildman–Crippen MR) is 58.0 cm³/mol. The molecule has 0 fully saturated rings. The monoisotopic (exact) mass is 240 g/mol. The number of amides is 1. The molecular weight excluding hydrogens is 228 g/mol. The first-order chi connectivity index (χ1) is 7.86. The number of rotatable bonds is 4. The van der Waals surface area contributed by atoms with Gasteiger partial charge in [0.25, 0.3) is 0 Å². The van der Waals surface area contributed by atoms with Crippen molar-refractivity contribution in [2.75, 3.05) is 5.73 Å². The third-order valence-electron chi connectivity index (χ3n) is 2.28. The molecule has 0 aromatic heterocycles.